The molecule has 1 aliphatic rings. The third-order valence-electron chi connectivity index (χ3n) is 5.97. The summed E-state index contributed by atoms with van der Waals surface area (Å²) < 4.78 is 16.8. The molecule has 2 heterocycles. The molecule has 0 spiro atoms. The van der Waals surface area contributed by atoms with Gasteiger partial charge in [0, 0.05) is 42.5 Å². The Balaban J connectivity index is 1.17. The molecule has 0 bridgehead atoms. The van der Waals surface area contributed by atoms with Gasteiger partial charge in [-0.15, -0.1) is 0 Å². The largest absolute Gasteiger partial charge is 0.497 e. The van der Waals surface area contributed by atoms with Gasteiger partial charge in [0.25, 0.3) is 11.8 Å². The van der Waals surface area contributed by atoms with E-state index in [0.29, 0.717) is 43.2 Å². The van der Waals surface area contributed by atoms with E-state index in [1.807, 2.05) is 42.5 Å². The minimum absolute atomic E-state index is 0.0401. The van der Waals surface area contributed by atoms with E-state index in [1.165, 1.54) is 0 Å². The predicted molar refractivity (Wildman–Crippen MR) is 125 cm³/mol. The van der Waals surface area contributed by atoms with E-state index in [9.17, 15) is 9.59 Å². The van der Waals surface area contributed by atoms with Crippen LogP contribution < -0.4 is 9.47 Å². The van der Waals surface area contributed by atoms with Crippen molar-refractivity contribution in [2.75, 3.05) is 39.9 Å². The highest BCUT2D eigenvalue weighted by Gasteiger charge is 2.25. The number of rotatable bonds is 5. The zero-order valence-electron chi connectivity index (χ0n) is 18.3. The lowest BCUT2D eigenvalue weighted by Crippen LogP contribution is -2.51. The van der Waals surface area contributed by atoms with Gasteiger partial charge in [0.1, 0.15) is 22.7 Å². The van der Waals surface area contributed by atoms with Gasteiger partial charge in [-0.2, -0.15) is 0 Å². The van der Waals surface area contributed by atoms with Crippen LogP contribution in [-0.2, 0) is 4.79 Å². The highest BCUT2D eigenvalue weighted by Crippen LogP contribution is 2.31. The SMILES string of the molecule is COc1ccc(C(=O)N2CCN(C(=O)COc3ccc4oc5ccccc5c4c3)CC2)cc1. The maximum absolute atomic E-state index is 12.7. The monoisotopic (exact) mass is 444 g/mol. The molecule has 1 aromatic heterocycles. The van der Waals surface area contributed by atoms with Crippen molar-refractivity contribution in [1.29, 1.82) is 0 Å². The quantitative estimate of drug-likeness (QED) is 0.466. The summed E-state index contributed by atoms with van der Waals surface area (Å²) >= 11 is 0. The molecule has 5 rings (SSSR count). The molecule has 0 aliphatic carbocycles. The van der Waals surface area contributed by atoms with E-state index in [4.69, 9.17) is 13.9 Å². The zero-order chi connectivity index (χ0) is 22.8. The fraction of sp³-hybridized carbons (Fsp3) is 0.231. The van der Waals surface area contributed by atoms with Gasteiger partial charge in [-0.3, -0.25) is 9.59 Å². The lowest BCUT2D eigenvalue weighted by molar-refractivity contribution is -0.134. The first-order valence-corrected chi connectivity index (χ1v) is 10.9. The van der Waals surface area contributed by atoms with Gasteiger partial charge in [-0.05, 0) is 48.5 Å². The van der Waals surface area contributed by atoms with Crippen molar-refractivity contribution in [3.8, 4) is 11.5 Å². The number of nitrogens with zero attached hydrogens (tertiary/aromatic N) is 2. The summed E-state index contributed by atoms with van der Waals surface area (Å²) in [5, 5.41) is 1.98. The van der Waals surface area contributed by atoms with Crippen LogP contribution in [0.4, 0.5) is 0 Å². The molecule has 3 aromatic carbocycles. The predicted octanol–water partition coefficient (Wildman–Crippen LogP) is 3.96. The maximum atomic E-state index is 12.7. The number of hydrogen-bond acceptors (Lipinski definition) is 5. The van der Waals surface area contributed by atoms with Crippen LogP contribution in [0.3, 0.4) is 0 Å². The Kier molecular flexibility index (Phi) is 5.60. The number of piperazine rings is 1. The van der Waals surface area contributed by atoms with Crippen molar-refractivity contribution in [3.05, 3.63) is 72.3 Å². The number of benzene rings is 3. The van der Waals surface area contributed by atoms with E-state index >= 15 is 0 Å². The summed E-state index contributed by atoms with van der Waals surface area (Å²) in [6.07, 6.45) is 0. The molecule has 0 atom stereocenters. The second-order valence-corrected chi connectivity index (χ2v) is 7.95. The fourth-order valence-corrected chi connectivity index (χ4v) is 4.11. The third-order valence-corrected chi connectivity index (χ3v) is 5.97. The molecule has 0 radical (unpaired) electrons. The van der Waals surface area contributed by atoms with Gasteiger partial charge in [0.2, 0.25) is 0 Å². The highest BCUT2D eigenvalue weighted by atomic mass is 16.5. The van der Waals surface area contributed by atoms with Crippen molar-refractivity contribution in [2.45, 2.75) is 0 Å². The van der Waals surface area contributed by atoms with Crippen LogP contribution in [0.2, 0.25) is 0 Å². The number of ether oxygens (including phenoxy) is 2. The molecule has 0 saturated carbocycles. The first kappa shape index (κ1) is 20.9. The number of methoxy groups -OCH3 is 1. The average Bonchev–Trinajstić information content (AvgIpc) is 3.25. The standard InChI is InChI=1S/C26H24N2O5/c1-31-19-8-6-18(7-9-19)26(30)28-14-12-27(13-15-28)25(29)17-32-20-10-11-24-22(16-20)21-4-2-3-5-23(21)33-24/h2-11,16H,12-15,17H2,1H3. The molecular formula is C26H24N2O5. The molecule has 4 aromatic rings. The second kappa shape index (κ2) is 8.86. The number of carbonyl (C=O) groups excluding carboxylic acids is 2. The van der Waals surface area contributed by atoms with E-state index in [-0.39, 0.29) is 18.4 Å². The van der Waals surface area contributed by atoms with Crippen LogP contribution >= 0.6 is 0 Å². The topological polar surface area (TPSA) is 72.2 Å². The van der Waals surface area contributed by atoms with Gasteiger partial charge in [-0.1, -0.05) is 18.2 Å². The van der Waals surface area contributed by atoms with Crippen molar-refractivity contribution in [3.63, 3.8) is 0 Å². The minimum Gasteiger partial charge on any atom is -0.497 e. The molecule has 33 heavy (non-hydrogen) atoms. The number of hydrogen-bond donors (Lipinski definition) is 0. The number of amides is 2. The first-order chi connectivity index (χ1) is 16.1. The Labute approximate surface area is 191 Å². The summed E-state index contributed by atoms with van der Waals surface area (Å²) in [6.45, 7) is 1.89. The van der Waals surface area contributed by atoms with Crippen molar-refractivity contribution >= 4 is 33.8 Å². The Morgan fingerprint density at radius 1 is 0.818 bits per heavy atom. The highest BCUT2D eigenvalue weighted by molar-refractivity contribution is 6.05. The molecule has 1 aliphatic heterocycles. The van der Waals surface area contributed by atoms with Crippen molar-refractivity contribution < 1.29 is 23.5 Å². The fourth-order valence-electron chi connectivity index (χ4n) is 4.11. The zero-order valence-corrected chi connectivity index (χ0v) is 18.3. The summed E-state index contributed by atoms with van der Waals surface area (Å²) in [5.74, 6) is 1.20. The maximum Gasteiger partial charge on any atom is 0.260 e. The van der Waals surface area contributed by atoms with Crippen LogP contribution in [0.1, 0.15) is 10.4 Å². The van der Waals surface area contributed by atoms with Gasteiger partial charge < -0.3 is 23.7 Å². The number of carbonyl (C=O) groups is 2. The van der Waals surface area contributed by atoms with Gasteiger partial charge >= 0.3 is 0 Å². The second-order valence-electron chi connectivity index (χ2n) is 7.95. The number of furan rings is 1. The average molecular weight is 444 g/mol. The molecule has 1 fully saturated rings. The van der Waals surface area contributed by atoms with E-state index < -0.39 is 0 Å². The summed E-state index contributed by atoms with van der Waals surface area (Å²) in [4.78, 5) is 28.9. The third kappa shape index (κ3) is 4.22. The Morgan fingerprint density at radius 3 is 2.24 bits per heavy atom. The van der Waals surface area contributed by atoms with E-state index in [0.717, 1.165) is 21.9 Å². The van der Waals surface area contributed by atoms with Crippen LogP contribution in [0, 0.1) is 0 Å². The molecule has 7 heteroatoms. The Bertz CT molecular complexity index is 1300. The van der Waals surface area contributed by atoms with Crippen LogP contribution in [0.5, 0.6) is 11.5 Å². The number of para-hydroxylation sites is 1. The van der Waals surface area contributed by atoms with E-state index in [2.05, 4.69) is 0 Å². The molecule has 168 valence electrons. The molecule has 1 saturated heterocycles. The van der Waals surface area contributed by atoms with Gasteiger partial charge in [0.15, 0.2) is 6.61 Å². The molecule has 0 N–H and O–H groups in total. The Morgan fingerprint density at radius 2 is 1.48 bits per heavy atom. The smallest absolute Gasteiger partial charge is 0.260 e. The Hall–Kier alpha value is -4.00. The summed E-state index contributed by atoms with van der Waals surface area (Å²) in [6, 6.07) is 20.5. The molecule has 7 nitrogen and oxygen atoms in total. The van der Waals surface area contributed by atoms with Gasteiger partial charge in [0.05, 0.1) is 7.11 Å². The van der Waals surface area contributed by atoms with Crippen LogP contribution in [-0.4, -0.2) is 61.5 Å². The lowest BCUT2D eigenvalue weighted by atomic mass is 10.1. The first-order valence-electron chi connectivity index (χ1n) is 10.9. The van der Waals surface area contributed by atoms with Crippen molar-refractivity contribution in [1.82, 2.24) is 9.80 Å². The molecule has 0 unspecified atom stereocenters. The lowest BCUT2D eigenvalue weighted by Gasteiger charge is -2.34. The molecular weight excluding hydrogens is 420 g/mol. The van der Waals surface area contributed by atoms with Crippen LogP contribution in [0.25, 0.3) is 21.9 Å². The number of fused-ring (bicyclic) bond motifs is 3. The van der Waals surface area contributed by atoms with Crippen LogP contribution in [0.15, 0.2) is 71.1 Å². The summed E-state index contributed by atoms with van der Waals surface area (Å²) in [5.41, 5.74) is 2.22. The summed E-state index contributed by atoms with van der Waals surface area (Å²) in [7, 11) is 1.59. The van der Waals surface area contributed by atoms with E-state index in [1.54, 1.807) is 41.2 Å². The van der Waals surface area contributed by atoms with Gasteiger partial charge in [-0.25, -0.2) is 0 Å². The minimum atomic E-state index is -0.0938. The van der Waals surface area contributed by atoms with Crippen molar-refractivity contribution in [2.24, 2.45) is 0 Å². The molecule has 2 amide bonds. The normalized spacial score (nSPS) is 14.0.